The van der Waals surface area contributed by atoms with Crippen LogP contribution in [-0.2, 0) is 19.1 Å². The molecule has 0 aromatic rings. The van der Waals surface area contributed by atoms with Crippen molar-refractivity contribution in [2.75, 3.05) is 53.0 Å². The van der Waals surface area contributed by atoms with Gasteiger partial charge in [-0.3, -0.25) is 14.5 Å². The molecule has 1 aliphatic rings. The monoisotopic (exact) mass is 298 g/mol. The van der Waals surface area contributed by atoms with Crippen LogP contribution in [0.5, 0.6) is 0 Å². The normalized spacial score (nSPS) is 15.4. The van der Waals surface area contributed by atoms with E-state index in [1.54, 1.807) is 11.0 Å². The zero-order valence-electron chi connectivity index (χ0n) is 13.3. The third-order valence-electron chi connectivity index (χ3n) is 3.33. The number of amides is 1. The van der Waals surface area contributed by atoms with Crippen LogP contribution < -0.4 is 0 Å². The number of morpholine rings is 1. The van der Waals surface area contributed by atoms with Gasteiger partial charge in [0, 0.05) is 38.8 Å². The summed E-state index contributed by atoms with van der Waals surface area (Å²) < 4.78 is 9.94. The van der Waals surface area contributed by atoms with Crippen LogP contribution in [0, 0.1) is 0 Å². The largest absolute Gasteiger partial charge is 0.469 e. The lowest BCUT2D eigenvalue weighted by molar-refractivity contribution is -0.141. The van der Waals surface area contributed by atoms with E-state index in [9.17, 15) is 9.59 Å². The number of nitrogens with zero attached hydrogens (tertiary/aromatic N) is 2. The highest BCUT2D eigenvalue weighted by molar-refractivity contribution is 5.88. The minimum atomic E-state index is -0.295. The van der Waals surface area contributed by atoms with E-state index in [4.69, 9.17) is 4.74 Å². The molecule has 0 radical (unpaired) electrons. The van der Waals surface area contributed by atoms with Crippen molar-refractivity contribution in [3.05, 3.63) is 11.6 Å². The molecule has 0 N–H and O–H groups in total. The van der Waals surface area contributed by atoms with Crippen molar-refractivity contribution < 1.29 is 19.1 Å². The van der Waals surface area contributed by atoms with Crippen LogP contribution in [0.3, 0.4) is 0 Å². The lowest BCUT2D eigenvalue weighted by Crippen LogP contribution is -2.43. The zero-order chi connectivity index (χ0) is 15.7. The topological polar surface area (TPSA) is 59.1 Å². The summed E-state index contributed by atoms with van der Waals surface area (Å²) in [5, 5.41) is 0. The molecule has 1 fully saturated rings. The molecule has 0 spiro atoms. The molecule has 0 aliphatic carbocycles. The Morgan fingerprint density at radius 1 is 1.24 bits per heavy atom. The number of esters is 1. The van der Waals surface area contributed by atoms with Gasteiger partial charge in [-0.25, -0.2) is 0 Å². The Hall–Kier alpha value is -1.40. The quantitative estimate of drug-likeness (QED) is 0.511. The Bertz CT molecular complexity index is 372. The van der Waals surface area contributed by atoms with E-state index in [-0.39, 0.29) is 18.3 Å². The summed E-state index contributed by atoms with van der Waals surface area (Å²) in [6.45, 7) is 8.83. The van der Waals surface area contributed by atoms with Crippen LogP contribution in [-0.4, -0.2) is 74.7 Å². The van der Waals surface area contributed by atoms with Gasteiger partial charge in [0.2, 0.25) is 5.91 Å². The van der Waals surface area contributed by atoms with E-state index in [1.807, 2.05) is 13.8 Å². The molecular weight excluding hydrogens is 272 g/mol. The molecule has 0 aromatic heterocycles. The van der Waals surface area contributed by atoms with E-state index in [2.05, 4.69) is 9.64 Å². The molecule has 1 heterocycles. The third-order valence-corrected chi connectivity index (χ3v) is 3.33. The van der Waals surface area contributed by atoms with Crippen molar-refractivity contribution in [3.8, 4) is 0 Å². The fourth-order valence-corrected chi connectivity index (χ4v) is 2.09. The van der Waals surface area contributed by atoms with Crippen molar-refractivity contribution in [2.24, 2.45) is 0 Å². The van der Waals surface area contributed by atoms with E-state index >= 15 is 0 Å². The number of rotatable bonds is 7. The highest BCUT2D eigenvalue weighted by Gasteiger charge is 2.16. The number of ether oxygens (including phenoxy) is 2. The van der Waals surface area contributed by atoms with Gasteiger partial charge in [-0.05, 0) is 13.8 Å². The molecule has 0 aromatic carbocycles. The first-order valence-electron chi connectivity index (χ1n) is 7.33. The molecule has 0 bridgehead atoms. The van der Waals surface area contributed by atoms with Crippen LogP contribution in [0.25, 0.3) is 0 Å². The van der Waals surface area contributed by atoms with Crippen LogP contribution in [0.15, 0.2) is 11.6 Å². The summed E-state index contributed by atoms with van der Waals surface area (Å²) in [5.74, 6) is -0.344. The molecule has 0 atom stereocenters. The highest BCUT2D eigenvalue weighted by atomic mass is 16.5. The lowest BCUT2D eigenvalue weighted by atomic mass is 10.2. The minimum absolute atomic E-state index is 0.0489. The number of methoxy groups -OCH3 is 1. The van der Waals surface area contributed by atoms with Gasteiger partial charge in [-0.1, -0.05) is 5.57 Å². The Morgan fingerprint density at radius 3 is 2.48 bits per heavy atom. The van der Waals surface area contributed by atoms with Gasteiger partial charge in [-0.15, -0.1) is 0 Å². The van der Waals surface area contributed by atoms with Gasteiger partial charge in [0.1, 0.15) is 0 Å². The highest BCUT2D eigenvalue weighted by Crippen LogP contribution is 2.02. The molecule has 6 nitrogen and oxygen atoms in total. The van der Waals surface area contributed by atoms with Crippen LogP contribution in [0.2, 0.25) is 0 Å². The zero-order valence-corrected chi connectivity index (χ0v) is 13.3. The molecular formula is C15H26N2O4. The predicted octanol–water partition coefficient (Wildman–Crippen LogP) is 0.677. The molecule has 6 heteroatoms. The van der Waals surface area contributed by atoms with Gasteiger partial charge < -0.3 is 14.4 Å². The molecule has 21 heavy (non-hydrogen) atoms. The number of hydrogen-bond donors (Lipinski definition) is 0. The second kappa shape index (κ2) is 9.52. The average Bonchev–Trinajstić information content (AvgIpc) is 2.47. The first kappa shape index (κ1) is 17.7. The van der Waals surface area contributed by atoms with E-state index in [1.165, 1.54) is 7.11 Å². The fourth-order valence-electron chi connectivity index (χ4n) is 2.09. The van der Waals surface area contributed by atoms with E-state index in [0.717, 1.165) is 38.4 Å². The number of hydrogen-bond acceptors (Lipinski definition) is 5. The Balaban J connectivity index is 2.51. The summed E-state index contributed by atoms with van der Waals surface area (Å²) in [5.41, 5.74) is 0.953. The van der Waals surface area contributed by atoms with E-state index in [0.29, 0.717) is 13.1 Å². The minimum Gasteiger partial charge on any atom is -0.469 e. The van der Waals surface area contributed by atoms with Gasteiger partial charge >= 0.3 is 5.97 Å². The number of allylic oxidation sites excluding steroid dienone is 1. The standard InChI is InChI=1S/C15H26N2O4/c1-13(2)12-14(18)17(5-4-15(19)20-3)7-6-16-8-10-21-11-9-16/h12H,4-11H2,1-3H3. The molecule has 120 valence electrons. The van der Waals surface area contributed by atoms with Crippen LogP contribution >= 0.6 is 0 Å². The van der Waals surface area contributed by atoms with Gasteiger partial charge in [-0.2, -0.15) is 0 Å². The summed E-state index contributed by atoms with van der Waals surface area (Å²) >= 11 is 0. The maximum atomic E-state index is 12.2. The number of carbonyl (C=O) groups is 2. The molecule has 1 saturated heterocycles. The lowest BCUT2D eigenvalue weighted by Gasteiger charge is -2.29. The van der Waals surface area contributed by atoms with E-state index < -0.39 is 0 Å². The maximum absolute atomic E-state index is 12.2. The number of carbonyl (C=O) groups excluding carboxylic acids is 2. The predicted molar refractivity (Wildman–Crippen MR) is 79.9 cm³/mol. The first-order valence-corrected chi connectivity index (χ1v) is 7.33. The SMILES string of the molecule is COC(=O)CCN(CCN1CCOCC1)C(=O)C=C(C)C. The average molecular weight is 298 g/mol. The summed E-state index contributed by atoms with van der Waals surface area (Å²) in [4.78, 5) is 27.4. The first-order chi connectivity index (χ1) is 10.0. The van der Waals surface area contributed by atoms with Crippen molar-refractivity contribution >= 4 is 11.9 Å². The molecule has 1 amide bonds. The van der Waals surface area contributed by atoms with Crippen molar-refractivity contribution in [3.63, 3.8) is 0 Å². The maximum Gasteiger partial charge on any atom is 0.307 e. The van der Waals surface area contributed by atoms with Crippen LogP contribution in [0.4, 0.5) is 0 Å². The van der Waals surface area contributed by atoms with Crippen molar-refractivity contribution in [1.29, 1.82) is 0 Å². The van der Waals surface area contributed by atoms with Crippen LogP contribution in [0.1, 0.15) is 20.3 Å². The van der Waals surface area contributed by atoms with Gasteiger partial charge in [0.25, 0.3) is 0 Å². The molecule has 0 saturated carbocycles. The third kappa shape index (κ3) is 7.24. The van der Waals surface area contributed by atoms with Crippen molar-refractivity contribution in [2.45, 2.75) is 20.3 Å². The Morgan fingerprint density at radius 2 is 1.90 bits per heavy atom. The molecule has 0 unspecified atom stereocenters. The second-order valence-electron chi connectivity index (χ2n) is 5.33. The Kier molecular flexibility index (Phi) is 8.00. The van der Waals surface area contributed by atoms with Gasteiger partial charge in [0.15, 0.2) is 0 Å². The summed E-state index contributed by atoms with van der Waals surface area (Å²) in [6.07, 6.45) is 1.83. The summed E-state index contributed by atoms with van der Waals surface area (Å²) in [7, 11) is 1.36. The molecule has 1 aliphatic heterocycles. The van der Waals surface area contributed by atoms with Gasteiger partial charge in [0.05, 0.1) is 26.7 Å². The Labute approximate surface area is 126 Å². The molecule has 1 rings (SSSR count). The fraction of sp³-hybridized carbons (Fsp3) is 0.733. The second-order valence-corrected chi connectivity index (χ2v) is 5.33. The smallest absolute Gasteiger partial charge is 0.307 e. The van der Waals surface area contributed by atoms with Crippen molar-refractivity contribution in [1.82, 2.24) is 9.80 Å². The summed E-state index contributed by atoms with van der Waals surface area (Å²) in [6, 6.07) is 0.